The normalized spacial score (nSPS) is 19.0. The third-order valence-electron chi connectivity index (χ3n) is 5.04. The number of rotatable bonds is 6. The Morgan fingerprint density at radius 2 is 1.96 bits per heavy atom. The molecule has 0 saturated carbocycles. The standard InChI is InChI=1S/C20H29N5/c1-3-20(4-2)14-23-13-18(6-5-11-21)25-19(24-15-20)17-9-7-16(12-22)8-10-17/h7-10,13,23H,3-6,11,14-15,21H2,1-2H3,(H,24,25)/b18-13-. The van der Waals surface area contributed by atoms with E-state index in [1.54, 1.807) is 0 Å². The third-order valence-corrected chi connectivity index (χ3v) is 5.04. The van der Waals surface area contributed by atoms with Crippen LogP contribution in [-0.2, 0) is 0 Å². The lowest BCUT2D eigenvalue weighted by molar-refractivity contribution is 0.271. The smallest absolute Gasteiger partial charge is 0.132 e. The molecule has 0 bridgehead atoms. The molecule has 2 rings (SSSR count). The second kappa shape index (κ2) is 9.24. The van der Waals surface area contributed by atoms with Crippen LogP contribution >= 0.6 is 0 Å². The van der Waals surface area contributed by atoms with E-state index in [-0.39, 0.29) is 5.41 Å². The monoisotopic (exact) mass is 339 g/mol. The van der Waals surface area contributed by atoms with E-state index >= 15 is 0 Å². The van der Waals surface area contributed by atoms with Gasteiger partial charge in [-0.25, -0.2) is 0 Å². The van der Waals surface area contributed by atoms with Crippen LogP contribution in [0.4, 0.5) is 0 Å². The van der Waals surface area contributed by atoms with Crippen LogP contribution in [0.25, 0.3) is 0 Å². The van der Waals surface area contributed by atoms with Crippen molar-refractivity contribution in [1.29, 1.82) is 5.26 Å². The summed E-state index contributed by atoms with van der Waals surface area (Å²) >= 11 is 0. The highest BCUT2D eigenvalue weighted by molar-refractivity contribution is 5.99. The van der Waals surface area contributed by atoms with Crippen molar-refractivity contribution in [3.63, 3.8) is 0 Å². The van der Waals surface area contributed by atoms with Gasteiger partial charge in [-0.2, -0.15) is 5.26 Å². The van der Waals surface area contributed by atoms with E-state index in [1.165, 1.54) is 0 Å². The second-order valence-electron chi connectivity index (χ2n) is 6.63. The molecule has 0 fully saturated rings. The van der Waals surface area contributed by atoms with Gasteiger partial charge in [-0.3, -0.25) is 4.99 Å². The fraction of sp³-hybridized carbons (Fsp3) is 0.500. The van der Waals surface area contributed by atoms with E-state index in [4.69, 9.17) is 16.0 Å². The molecule has 0 aliphatic carbocycles. The zero-order valence-electron chi connectivity index (χ0n) is 15.3. The lowest BCUT2D eigenvalue weighted by Crippen LogP contribution is -2.34. The summed E-state index contributed by atoms with van der Waals surface area (Å²) in [5.41, 5.74) is 8.58. The van der Waals surface area contributed by atoms with E-state index in [0.29, 0.717) is 12.1 Å². The van der Waals surface area contributed by atoms with Gasteiger partial charge in [0.2, 0.25) is 0 Å². The largest absolute Gasteiger partial charge is 0.389 e. The summed E-state index contributed by atoms with van der Waals surface area (Å²) in [6, 6.07) is 9.74. The number of hydrogen-bond donors (Lipinski definition) is 3. The van der Waals surface area contributed by atoms with Crippen LogP contribution < -0.4 is 16.4 Å². The van der Waals surface area contributed by atoms with E-state index in [9.17, 15) is 0 Å². The molecule has 25 heavy (non-hydrogen) atoms. The van der Waals surface area contributed by atoms with Gasteiger partial charge in [0, 0.05) is 36.0 Å². The van der Waals surface area contributed by atoms with Gasteiger partial charge in [-0.05, 0) is 56.5 Å². The average molecular weight is 339 g/mol. The molecule has 0 atom stereocenters. The summed E-state index contributed by atoms with van der Waals surface area (Å²) in [6.45, 7) is 6.81. The highest BCUT2D eigenvalue weighted by atomic mass is 15.0. The van der Waals surface area contributed by atoms with E-state index < -0.39 is 0 Å². The molecule has 5 nitrogen and oxygen atoms in total. The molecular weight excluding hydrogens is 310 g/mol. The Kier molecular flexibility index (Phi) is 7.03. The maximum Gasteiger partial charge on any atom is 0.132 e. The number of amidine groups is 1. The Balaban J connectivity index is 2.34. The average Bonchev–Trinajstić information content (AvgIpc) is 2.75. The topological polar surface area (TPSA) is 86.2 Å². The van der Waals surface area contributed by atoms with Crippen LogP contribution in [0.5, 0.6) is 0 Å². The van der Waals surface area contributed by atoms with Crippen molar-refractivity contribution in [3.8, 4) is 6.07 Å². The zero-order valence-corrected chi connectivity index (χ0v) is 15.3. The molecule has 1 aliphatic heterocycles. The van der Waals surface area contributed by atoms with Gasteiger partial charge in [0.25, 0.3) is 0 Å². The summed E-state index contributed by atoms with van der Waals surface area (Å²) in [4.78, 5) is 4.93. The van der Waals surface area contributed by atoms with Crippen molar-refractivity contribution < 1.29 is 0 Å². The second-order valence-corrected chi connectivity index (χ2v) is 6.63. The number of nitrogens with two attached hydrogens (primary N) is 1. The van der Waals surface area contributed by atoms with Gasteiger partial charge in [0.05, 0.1) is 11.6 Å². The Morgan fingerprint density at radius 3 is 2.56 bits per heavy atom. The van der Waals surface area contributed by atoms with Crippen molar-refractivity contribution in [2.45, 2.75) is 39.5 Å². The van der Waals surface area contributed by atoms with Crippen molar-refractivity contribution >= 4 is 5.84 Å². The van der Waals surface area contributed by atoms with Gasteiger partial charge < -0.3 is 16.4 Å². The van der Waals surface area contributed by atoms with Crippen molar-refractivity contribution in [2.24, 2.45) is 16.1 Å². The minimum Gasteiger partial charge on any atom is -0.389 e. The molecule has 5 heteroatoms. The maximum atomic E-state index is 9.00. The van der Waals surface area contributed by atoms with Crippen LogP contribution in [0, 0.1) is 16.7 Å². The summed E-state index contributed by atoms with van der Waals surface area (Å²) in [6.07, 6.45) is 6.03. The molecular formula is C20H29N5. The predicted molar refractivity (Wildman–Crippen MR) is 103 cm³/mol. The first-order valence-corrected chi connectivity index (χ1v) is 9.11. The summed E-state index contributed by atoms with van der Waals surface area (Å²) < 4.78 is 0. The number of benzene rings is 1. The van der Waals surface area contributed by atoms with Crippen molar-refractivity contribution in [2.75, 3.05) is 19.6 Å². The molecule has 1 aliphatic rings. The van der Waals surface area contributed by atoms with Gasteiger partial charge >= 0.3 is 0 Å². The Morgan fingerprint density at radius 1 is 1.24 bits per heavy atom. The number of nitrogens with one attached hydrogen (secondary N) is 2. The molecule has 0 radical (unpaired) electrons. The fourth-order valence-electron chi connectivity index (χ4n) is 2.94. The minimum atomic E-state index is 0.152. The molecule has 0 amide bonds. The van der Waals surface area contributed by atoms with Gasteiger partial charge in [0.1, 0.15) is 5.84 Å². The lowest BCUT2D eigenvalue weighted by atomic mass is 9.82. The Bertz CT molecular complexity index is 648. The van der Waals surface area contributed by atoms with Crippen molar-refractivity contribution in [1.82, 2.24) is 10.6 Å². The van der Waals surface area contributed by atoms with E-state index in [1.807, 2.05) is 24.3 Å². The van der Waals surface area contributed by atoms with E-state index in [0.717, 1.165) is 55.9 Å². The number of hydrogen-bond acceptors (Lipinski definition) is 5. The van der Waals surface area contributed by atoms with Crippen LogP contribution in [0.15, 0.2) is 41.2 Å². The maximum absolute atomic E-state index is 9.00. The molecule has 1 heterocycles. The minimum absolute atomic E-state index is 0.152. The SMILES string of the molecule is CCC1(CC)CN=C(c2ccc(C#N)cc2)N/C(CCCN)=C\NC1. The van der Waals surface area contributed by atoms with Gasteiger partial charge in [0.15, 0.2) is 0 Å². The first-order chi connectivity index (χ1) is 12.2. The molecule has 0 unspecified atom stereocenters. The molecule has 1 aromatic carbocycles. The van der Waals surface area contributed by atoms with Crippen LogP contribution in [0.1, 0.15) is 50.7 Å². The van der Waals surface area contributed by atoms with Crippen LogP contribution in [-0.4, -0.2) is 25.5 Å². The lowest BCUT2D eigenvalue weighted by Gasteiger charge is -2.29. The summed E-state index contributed by atoms with van der Waals surface area (Å²) in [5, 5.41) is 16.0. The number of nitriles is 1. The first-order valence-electron chi connectivity index (χ1n) is 9.11. The predicted octanol–water partition coefficient (Wildman–Crippen LogP) is 2.88. The van der Waals surface area contributed by atoms with Gasteiger partial charge in [-0.15, -0.1) is 0 Å². The summed E-state index contributed by atoms with van der Waals surface area (Å²) in [7, 11) is 0. The van der Waals surface area contributed by atoms with Gasteiger partial charge in [-0.1, -0.05) is 13.8 Å². The number of nitrogens with zero attached hydrogens (tertiary/aromatic N) is 2. The zero-order chi connectivity index (χ0) is 18.1. The Hall–Kier alpha value is -2.32. The van der Waals surface area contributed by atoms with Crippen LogP contribution in [0.2, 0.25) is 0 Å². The summed E-state index contributed by atoms with van der Waals surface area (Å²) in [5.74, 6) is 0.864. The highest BCUT2D eigenvalue weighted by Gasteiger charge is 2.26. The molecule has 134 valence electrons. The van der Waals surface area contributed by atoms with Crippen LogP contribution in [0.3, 0.4) is 0 Å². The highest BCUT2D eigenvalue weighted by Crippen LogP contribution is 2.27. The molecule has 0 aromatic heterocycles. The molecule has 0 saturated heterocycles. The number of aliphatic imine (C=N–C) groups is 1. The number of allylic oxidation sites excluding steroid dienone is 1. The fourth-order valence-corrected chi connectivity index (χ4v) is 2.94. The first kappa shape index (κ1) is 19.0. The molecule has 1 aromatic rings. The van der Waals surface area contributed by atoms with Crippen molar-refractivity contribution in [3.05, 3.63) is 47.3 Å². The quantitative estimate of drug-likeness (QED) is 0.744. The molecule has 4 N–H and O–H groups in total. The third kappa shape index (κ3) is 5.07. The Labute approximate surface area is 151 Å². The van der Waals surface area contributed by atoms with E-state index in [2.05, 4.69) is 36.8 Å². The molecule has 0 spiro atoms.